The van der Waals surface area contributed by atoms with Gasteiger partial charge in [-0.15, -0.1) is 0 Å². The lowest BCUT2D eigenvalue weighted by atomic mass is 10.2. The van der Waals surface area contributed by atoms with E-state index in [0.717, 1.165) is 12.0 Å². The van der Waals surface area contributed by atoms with Crippen LogP contribution in [0.15, 0.2) is 46.2 Å². The van der Waals surface area contributed by atoms with Gasteiger partial charge in [0, 0.05) is 5.56 Å². The lowest BCUT2D eigenvalue weighted by Crippen LogP contribution is -2.24. The number of amides is 1. The van der Waals surface area contributed by atoms with Gasteiger partial charge in [-0.2, -0.15) is 16.4 Å². The van der Waals surface area contributed by atoms with Crippen LogP contribution in [-0.2, 0) is 11.2 Å². The molecule has 0 aliphatic carbocycles. The summed E-state index contributed by atoms with van der Waals surface area (Å²) in [5.74, 6) is 0.398. The molecule has 0 fully saturated rings. The molecule has 0 aliphatic rings. The van der Waals surface area contributed by atoms with Crippen LogP contribution in [0.4, 0.5) is 0 Å². The van der Waals surface area contributed by atoms with Gasteiger partial charge >= 0.3 is 0 Å². The van der Waals surface area contributed by atoms with Crippen molar-refractivity contribution < 1.29 is 9.53 Å². The summed E-state index contributed by atoms with van der Waals surface area (Å²) in [4.78, 5) is 11.5. The van der Waals surface area contributed by atoms with Gasteiger partial charge in [0.25, 0.3) is 5.91 Å². The molecule has 1 amide bonds. The molecular weight excluding hydrogens is 272 g/mol. The van der Waals surface area contributed by atoms with Crippen molar-refractivity contribution in [2.24, 2.45) is 5.10 Å². The molecule has 1 aromatic heterocycles. The quantitative estimate of drug-likeness (QED) is 0.656. The summed E-state index contributed by atoms with van der Waals surface area (Å²) in [7, 11) is 0. The van der Waals surface area contributed by atoms with Crippen LogP contribution in [0.25, 0.3) is 0 Å². The molecule has 1 heterocycles. The highest BCUT2D eigenvalue weighted by atomic mass is 32.1. The van der Waals surface area contributed by atoms with Gasteiger partial charge in [-0.3, -0.25) is 4.79 Å². The standard InChI is InChI=1S/C15H16N2O2S/c1-2-12-3-5-14(6-4-12)19-10-15(18)17-16-9-13-7-8-20-11-13/h3-9,11H,2,10H2,1H3,(H,17,18)/b16-9+. The number of hydrogen-bond donors (Lipinski definition) is 1. The predicted molar refractivity (Wildman–Crippen MR) is 81.4 cm³/mol. The number of rotatable bonds is 6. The first-order valence-electron chi connectivity index (χ1n) is 6.34. The average molecular weight is 288 g/mol. The van der Waals surface area contributed by atoms with Gasteiger partial charge in [-0.1, -0.05) is 19.1 Å². The molecule has 0 unspecified atom stereocenters. The summed E-state index contributed by atoms with van der Waals surface area (Å²) < 4.78 is 5.37. The number of nitrogens with one attached hydrogen (secondary N) is 1. The second kappa shape index (κ2) is 7.45. The third-order valence-corrected chi connectivity index (χ3v) is 3.35. The fraction of sp³-hybridized carbons (Fsp3) is 0.200. The van der Waals surface area contributed by atoms with Crippen LogP contribution < -0.4 is 10.2 Å². The van der Waals surface area contributed by atoms with Crippen molar-refractivity contribution >= 4 is 23.5 Å². The number of ether oxygens (including phenoxy) is 1. The molecule has 20 heavy (non-hydrogen) atoms. The number of hydrogen-bond acceptors (Lipinski definition) is 4. The molecule has 0 saturated heterocycles. The largest absolute Gasteiger partial charge is 0.484 e. The third kappa shape index (κ3) is 4.51. The van der Waals surface area contributed by atoms with Crippen molar-refractivity contribution in [3.63, 3.8) is 0 Å². The van der Waals surface area contributed by atoms with E-state index in [9.17, 15) is 4.79 Å². The molecule has 0 bridgehead atoms. The summed E-state index contributed by atoms with van der Waals surface area (Å²) in [6.07, 6.45) is 2.59. The molecule has 1 N–H and O–H groups in total. The second-order valence-electron chi connectivity index (χ2n) is 4.14. The van der Waals surface area contributed by atoms with E-state index in [1.54, 1.807) is 17.6 Å². The zero-order valence-corrected chi connectivity index (χ0v) is 12.0. The van der Waals surface area contributed by atoms with Crippen molar-refractivity contribution in [1.82, 2.24) is 5.43 Å². The molecule has 0 atom stereocenters. The fourth-order valence-electron chi connectivity index (χ4n) is 1.53. The summed E-state index contributed by atoms with van der Waals surface area (Å²) in [5, 5.41) is 7.75. The van der Waals surface area contributed by atoms with Gasteiger partial charge < -0.3 is 4.74 Å². The molecule has 1 aromatic carbocycles. The first-order valence-corrected chi connectivity index (χ1v) is 7.28. The summed E-state index contributed by atoms with van der Waals surface area (Å²) >= 11 is 1.58. The van der Waals surface area contributed by atoms with Crippen LogP contribution in [0, 0.1) is 0 Å². The van der Waals surface area contributed by atoms with E-state index in [0.29, 0.717) is 5.75 Å². The Hall–Kier alpha value is -2.14. The molecule has 4 nitrogen and oxygen atoms in total. The first-order chi connectivity index (χ1) is 9.78. The molecule has 0 saturated carbocycles. The Morgan fingerprint density at radius 3 is 2.80 bits per heavy atom. The average Bonchev–Trinajstić information content (AvgIpc) is 2.99. The third-order valence-electron chi connectivity index (χ3n) is 2.65. The van der Waals surface area contributed by atoms with Crippen molar-refractivity contribution in [2.45, 2.75) is 13.3 Å². The molecular formula is C15H16N2O2S. The zero-order chi connectivity index (χ0) is 14.2. The highest BCUT2D eigenvalue weighted by Crippen LogP contribution is 2.12. The molecule has 104 valence electrons. The minimum absolute atomic E-state index is 0.0492. The maximum atomic E-state index is 11.5. The Bertz CT molecular complexity index is 562. The number of carbonyl (C=O) groups is 1. The van der Waals surface area contributed by atoms with Gasteiger partial charge in [0.2, 0.25) is 0 Å². The maximum absolute atomic E-state index is 11.5. The molecule has 2 rings (SSSR count). The lowest BCUT2D eigenvalue weighted by molar-refractivity contribution is -0.123. The first kappa shape index (κ1) is 14.3. The van der Waals surface area contributed by atoms with Crippen LogP contribution >= 0.6 is 11.3 Å². The monoisotopic (exact) mass is 288 g/mol. The van der Waals surface area contributed by atoms with E-state index < -0.39 is 0 Å². The molecule has 0 spiro atoms. The van der Waals surface area contributed by atoms with E-state index in [4.69, 9.17) is 4.74 Å². The van der Waals surface area contributed by atoms with E-state index >= 15 is 0 Å². The van der Waals surface area contributed by atoms with E-state index in [2.05, 4.69) is 17.5 Å². The second-order valence-corrected chi connectivity index (χ2v) is 4.92. The number of aryl methyl sites for hydroxylation is 1. The van der Waals surface area contributed by atoms with Crippen LogP contribution in [0.1, 0.15) is 18.1 Å². The Morgan fingerprint density at radius 1 is 1.35 bits per heavy atom. The van der Waals surface area contributed by atoms with Gasteiger partial charge in [-0.25, -0.2) is 5.43 Å². The van der Waals surface area contributed by atoms with Crippen LogP contribution in [0.3, 0.4) is 0 Å². The normalized spacial score (nSPS) is 10.7. The minimum Gasteiger partial charge on any atom is -0.484 e. The number of carbonyl (C=O) groups excluding carboxylic acids is 1. The molecule has 5 heteroatoms. The van der Waals surface area contributed by atoms with Gasteiger partial charge in [0.1, 0.15) is 5.75 Å². The number of nitrogens with zero attached hydrogens (tertiary/aromatic N) is 1. The van der Waals surface area contributed by atoms with Crippen molar-refractivity contribution in [2.75, 3.05) is 6.61 Å². The molecule has 0 aliphatic heterocycles. The fourth-order valence-corrected chi connectivity index (χ4v) is 2.14. The Balaban J connectivity index is 1.74. The molecule has 2 aromatic rings. The number of thiophene rings is 1. The summed E-state index contributed by atoms with van der Waals surface area (Å²) in [6, 6.07) is 9.62. The highest BCUT2D eigenvalue weighted by Gasteiger charge is 2.01. The number of benzene rings is 1. The van der Waals surface area contributed by atoms with Crippen molar-refractivity contribution in [3.05, 3.63) is 52.2 Å². The van der Waals surface area contributed by atoms with E-state index in [1.807, 2.05) is 41.1 Å². The predicted octanol–water partition coefficient (Wildman–Crippen LogP) is 2.84. The maximum Gasteiger partial charge on any atom is 0.277 e. The lowest BCUT2D eigenvalue weighted by Gasteiger charge is -2.05. The molecule has 0 radical (unpaired) electrons. The van der Waals surface area contributed by atoms with Crippen molar-refractivity contribution in [1.29, 1.82) is 0 Å². The van der Waals surface area contributed by atoms with Crippen LogP contribution in [0.2, 0.25) is 0 Å². The number of hydrazone groups is 1. The minimum atomic E-state index is -0.281. The van der Waals surface area contributed by atoms with Gasteiger partial charge in [0.05, 0.1) is 6.21 Å². The Kier molecular flexibility index (Phi) is 5.32. The van der Waals surface area contributed by atoms with E-state index in [1.165, 1.54) is 5.56 Å². The highest BCUT2D eigenvalue weighted by molar-refractivity contribution is 7.08. The summed E-state index contributed by atoms with van der Waals surface area (Å²) in [6.45, 7) is 2.04. The van der Waals surface area contributed by atoms with E-state index in [-0.39, 0.29) is 12.5 Å². The zero-order valence-electron chi connectivity index (χ0n) is 11.2. The topological polar surface area (TPSA) is 50.7 Å². The Morgan fingerprint density at radius 2 is 2.15 bits per heavy atom. The summed E-state index contributed by atoms with van der Waals surface area (Å²) in [5.41, 5.74) is 4.63. The smallest absolute Gasteiger partial charge is 0.277 e. The van der Waals surface area contributed by atoms with Gasteiger partial charge in [0.15, 0.2) is 6.61 Å². The van der Waals surface area contributed by atoms with Gasteiger partial charge in [-0.05, 0) is 40.9 Å². The van der Waals surface area contributed by atoms with Crippen LogP contribution in [0.5, 0.6) is 5.75 Å². The SMILES string of the molecule is CCc1ccc(OCC(=O)N/N=C/c2ccsc2)cc1. The van der Waals surface area contributed by atoms with Crippen LogP contribution in [-0.4, -0.2) is 18.7 Å². The Labute approximate surface area is 122 Å². The van der Waals surface area contributed by atoms with Crippen molar-refractivity contribution in [3.8, 4) is 5.75 Å².